The van der Waals surface area contributed by atoms with Gasteiger partial charge in [0.15, 0.2) is 0 Å². The lowest BCUT2D eigenvalue weighted by Crippen LogP contribution is -1.93. The smallest absolute Gasteiger partial charge is 0.0994 e. The molecule has 0 bridgehead atoms. The molecule has 1 heteroatoms. The SMILES string of the molecule is C=CC(C)c1ccc(CC)c(C#N)c1. The predicted octanol–water partition coefficient (Wildman–Crippen LogP) is 3.41. The molecular formula is C13H15N. The molecule has 0 saturated carbocycles. The fourth-order valence-electron chi connectivity index (χ4n) is 1.43. The van der Waals surface area contributed by atoms with Crippen molar-refractivity contribution in [3.05, 3.63) is 47.5 Å². The molecular weight excluding hydrogens is 170 g/mol. The van der Waals surface area contributed by atoms with E-state index in [1.807, 2.05) is 18.2 Å². The van der Waals surface area contributed by atoms with Gasteiger partial charge in [0.1, 0.15) is 0 Å². The average molecular weight is 185 g/mol. The van der Waals surface area contributed by atoms with Gasteiger partial charge in [0.05, 0.1) is 11.6 Å². The van der Waals surface area contributed by atoms with E-state index in [0.29, 0.717) is 5.92 Å². The molecule has 1 rings (SSSR count). The molecule has 0 amide bonds. The molecule has 0 heterocycles. The first-order valence-corrected chi connectivity index (χ1v) is 4.88. The average Bonchev–Trinajstić information content (AvgIpc) is 2.26. The molecule has 0 aliphatic carbocycles. The van der Waals surface area contributed by atoms with Crippen molar-refractivity contribution in [2.75, 3.05) is 0 Å². The van der Waals surface area contributed by atoms with Crippen molar-refractivity contribution in [3.8, 4) is 6.07 Å². The van der Waals surface area contributed by atoms with Gasteiger partial charge in [0.2, 0.25) is 0 Å². The first-order valence-electron chi connectivity index (χ1n) is 4.88. The van der Waals surface area contributed by atoms with Crippen LogP contribution in [0, 0.1) is 11.3 Å². The third kappa shape index (κ3) is 2.03. The minimum atomic E-state index is 0.313. The van der Waals surface area contributed by atoms with Gasteiger partial charge in [-0.15, -0.1) is 6.58 Å². The van der Waals surface area contributed by atoms with Crippen LogP contribution < -0.4 is 0 Å². The fourth-order valence-corrected chi connectivity index (χ4v) is 1.43. The molecule has 0 radical (unpaired) electrons. The first-order chi connectivity index (χ1) is 6.72. The van der Waals surface area contributed by atoms with E-state index < -0.39 is 0 Å². The van der Waals surface area contributed by atoms with Gasteiger partial charge in [0.25, 0.3) is 0 Å². The highest BCUT2D eigenvalue weighted by Gasteiger charge is 2.05. The Labute approximate surface area is 85.7 Å². The van der Waals surface area contributed by atoms with Crippen LogP contribution >= 0.6 is 0 Å². The van der Waals surface area contributed by atoms with Crippen LogP contribution in [0.3, 0.4) is 0 Å². The van der Waals surface area contributed by atoms with Crippen LogP contribution in [0.25, 0.3) is 0 Å². The topological polar surface area (TPSA) is 23.8 Å². The molecule has 1 aromatic rings. The van der Waals surface area contributed by atoms with E-state index in [9.17, 15) is 0 Å². The van der Waals surface area contributed by atoms with Crippen molar-refractivity contribution in [1.29, 1.82) is 5.26 Å². The molecule has 72 valence electrons. The van der Waals surface area contributed by atoms with E-state index in [4.69, 9.17) is 5.26 Å². The third-order valence-electron chi connectivity index (χ3n) is 2.51. The Morgan fingerprint density at radius 2 is 2.29 bits per heavy atom. The van der Waals surface area contributed by atoms with E-state index in [1.54, 1.807) is 0 Å². The molecule has 0 spiro atoms. The minimum absolute atomic E-state index is 0.313. The molecule has 0 saturated heterocycles. The van der Waals surface area contributed by atoms with Gasteiger partial charge in [-0.05, 0) is 29.5 Å². The summed E-state index contributed by atoms with van der Waals surface area (Å²) in [7, 11) is 0. The lowest BCUT2D eigenvalue weighted by Gasteiger charge is -2.08. The number of hydrogen-bond acceptors (Lipinski definition) is 1. The van der Waals surface area contributed by atoms with Crippen molar-refractivity contribution in [3.63, 3.8) is 0 Å². The molecule has 0 N–H and O–H groups in total. The van der Waals surface area contributed by atoms with Gasteiger partial charge in [-0.25, -0.2) is 0 Å². The lowest BCUT2D eigenvalue weighted by atomic mass is 9.96. The molecule has 14 heavy (non-hydrogen) atoms. The molecule has 0 aromatic heterocycles. The van der Waals surface area contributed by atoms with E-state index in [-0.39, 0.29) is 0 Å². The lowest BCUT2D eigenvalue weighted by molar-refractivity contribution is 0.964. The Bertz CT molecular complexity index is 371. The van der Waals surface area contributed by atoms with Crippen molar-refractivity contribution < 1.29 is 0 Å². The fraction of sp³-hybridized carbons (Fsp3) is 0.308. The zero-order chi connectivity index (χ0) is 10.6. The monoisotopic (exact) mass is 185 g/mol. The highest BCUT2D eigenvalue weighted by atomic mass is 14.2. The second-order valence-corrected chi connectivity index (χ2v) is 3.41. The Hall–Kier alpha value is -1.55. The van der Waals surface area contributed by atoms with Crippen LogP contribution in [0.5, 0.6) is 0 Å². The number of allylic oxidation sites excluding steroid dienone is 1. The van der Waals surface area contributed by atoms with Gasteiger partial charge in [0, 0.05) is 0 Å². The molecule has 0 aliphatic rings. The predicted molar refractivity (Wildman–Crippen MR) is 59.1 cm³/mol. The van der Waals surface area contributed by atoms with Gasteiger partial charge < -0.3 is 0 Å². The number of nitriles is 1. The van der Waals surface area contributed by atoms with Crippen LogP contribution in [-0.4, -0.2) is 0 Å². The number of rotatable bonds is 3. The largest absolute Gasteiger partial charge is 0.192 e. The zero-order valence-electron chi connectivity index (χ0n) is 8.75. The minimum Gasteiger partial charge on any atom is -0.192 e. The highest BCUT2D eigenvalue weighted by molar-refractivity contribution is 5.42. The van der Waals surface area contributed by atoms with E-state index in [0.717, 1.165) is 23.1 Å². The van der Waals surface area contributed by atoms with Gasteiger partial charge in [-0.2, -0.15) is 5.26 Å². The van der Waals surface area contributed by atoms with Crippen LogP contribution in [-0.2, 0) is 6.42 Å². The summed E-state index contributed by atoms with van der Waals surface area (Å²) in [5, 5.41) is 8.95. The molecule has 1 unspecified atom stereocenters. The highest BCUT2D eigenvalue weighted by Crippen LogP contribution is 2.19. The maximum Gasteiger partial charge on any atom is 0.0994 e. The van der Waals surface area contributed by atoms with Crippen molar-refractivity contribution >= 4 is 0 Å². The van der Waals surface area contributed by atoms with E-state index in [2.05, 4.69) is 32.6 Å². The number of nitrogens with zero attached hydrogens (tertiary/aromatic N) is 1. The standard InChI is InChI=1S/C13H15N/c1-4-10(3)12-7-6-11(5-2)13(8-12)9-14/h4,6-8,10H,1,5H2,2-3H3. The summed E-state index contributed by atoms with van der Waals surface area (Å²) in [4.78, 5) is 0. The molecule has 1 nitrogen and oxygen atoms in total. The summed E-state index contributed by atoms with van der Waals surface area (Å²) < 4.78 is 0. The van der Waals surface area contributed by atoms with E-state index in [1.165, 1.54) is 0 Å². The van der Waals surface area contributed by atoms with Crippen LogP contribution in [0.15, 0.2) is 30.9 Å². The van der Waals surface area contributed by atoms with Crippen molar-refractivity contribution in [1.82, 2.24) is 0 Å². The van der Waals surface area contributed by atoms with Crippen molar-refractivity contribution in [2.45, 2.75) is 26.2 Å². The van der Waals surface area contributed by atoms with Gasteiger partial charge in [-0.3, -0.25) is 0 Å². The summed E-state index contributed by atoms with van der Waals surface area (Å²) in [6.07, 6.45) is 2.80. The molecule has 0 aliphatic heterocycles. The maximum atomic E-state index is 8.95. The number of benzene rings is 1. The Morgan fingerprint density at radius 1 is 1.57 bits per heavy atom. The normalized spacial score (nSPS) is 11.8. The molecule has 1 aromatic carbocycles. The van der Waals surface area contributed by atoms with Crippen LogP contribution in [0.2, 0.25) is 0 Å². The second kappa shape index (κ2) is 4.62. The Kier molecular flexibility index (Phi) is 3.48. The van der Waals surface area contributed by atoms with E-state index >= 15 is 0 Å². The Morgan fingerprint density at radius 3 is 2.79 bits per heavy atom. The Balaban J connectivity index is 3.15. The summed E-state index contributed by atoms with van der Waals surface area (Å²) in [6.45, 7) is 7.89. The molecule has 1 atom stereocenters. The summed E-state index contributed by atoms with van der Waals surface area (Å²) in [6, 6.07) is 8.31. The number of hydrogen-bond donors (Lipinski definition) is 0. The van der Waals surface area contributed by atoms with Crippen LogP contribution in [0.4, 0.5) is 0 Å². The zero-order valence-corrected chi connectivity index (χ0v) is 8.75. The van der Waals surface area contributed by atoms with Gasteiger partial charge >= 0.3 is 0 Å². The summed E-state index contributed by atoms with van der Waals surface area (Å²) in [5.74, 6) is 0.313. The molecule has 0 fully saturated rings. The quantitative estimate of drug-likeness (QED) is 0.662. The summed E-state index contributed by atoms with van der Waals surface area (Å²) in [5.41, 5.74) is 3.07. The second-order valence-electron chi connectivity index (χ2n) is 3.41. The third-order valence-corrected chi connectivity index (χ3v) is 2.51. The van der Waals surface area contributed by atoms with Crippen LogP contribution in [0.1, 0.15) is 36.5 Å². The number of aryl methyl sites for hydroxylation is 1. The van der Waals surface area contributed by atoms with Crippen molar-refractivity contribution in [2.24, 2.45) is 0 Å². The van der Waals surface area contributed by atoms with Gasteiger partial charge in [-0.1, -0.05) is 32.1 Å². The summed E-state index contributed by atoms with van der Waals surface area (Å²) >= 11 is 0. The maximum absolute atomic E-state index is 8.95. The first kappa shape index (κ1) is 10.5.